The van der Waals surface area contributed by atoms with Crippen molar-refractivity contribution in [3.05, 3.63) is 40.9 Å². The van der Waals surface area contributed by atoms with Gasteiger partial charge in [-0.15, -0.1) is 0 Å². The van der Waals surface area contributed by atoms with Crippen LogP contribution in [0.25, 0.3) is 0 Å². The number of hydrogen-bond acceptors (Lipinski definition) is 5. The second kappa shape index (κ2) is 5.72. The summed E-state index contributed by atoms with van der Waals surface area (Å²) in [5, 5.41) is 2.73. The van der Waals surface area contributed by atoms with Crippen LogP contribution in [0, 0.1) is 0 Å². The van der Waals surface area contributed by atoms with Crippen molar-refractivity contribution in [2.75, 3.05) is 11.6 Å². The molecule has 1 aromatic heterocycles. The molecule has 2 rings (SSSR count). The van der Waals surface area contributed by atoms with Crippen LogP contribution in [0.2, 0.25) is 0 Å². The zero-order chi connectivity index (χ0) is 14.8. The Morgan fingerprint density at radius 3 is 2.50 bits per heavy atom. The van der Waals surface area contributed by atoms with Gasteiger partial charge in [-0.2, -0.15) is 0 Å². The molecule has 1 aromatic carbocycles. The number of nitrogens with zero attached hydrogens (tertiary/aromatic N) is 1. The van der Waals surface area contributed by atoms with Gasteiger partial charge in [0.05, 0.1) is 5.69 Å². The molecule has 5 nitrogen and oxygen atoms in total. The molecule has 2 aromatic rings. The highest BCUT2D eigenvalue weighted by atomic mass is 32.2. The number of amides is 1. The fraction of sp³-hybridized carbons (Fsp3) is 0.231. The first-order chi connectivity index (χ1) is 9.41. The van der Waals surface area contributed by atoms with Crippen LogP contribution in [0.1, 0.15) is 22.3 Å². The number of aromatic nitrogens is 1. The van der Waals surface area contributed by atoms with Gasteiger partial charge in [-0.05, 0) is 18.6 Å². The maximum Gasteiger partial charge on any atom is 0.267 e. The van der Waals surface area contributed by atoms with Crippen molar-refractivity contribution >= 4 is 32.8 Å². The predicted molar refractivity (Wildman–Crippen MR) is 79.0 cm³/mol. The molecule has 1 amide bonds. The van der Waals surface area contributed by atoms with Crippen LogP contribution in [0.4, 0.5) is 5.69 Å². The molecule has 0 atom stereocenters. The number of nitrogens with one attached hydrogen (secondary N) is 1. The molecule has 0 bridgehead atoms. The molecule has 0 saturated carbocycles. The number of hydrogen-bond donors (Lipinski definition) is 1. The van der Waals surface area contributed by atoms with Crippen molar-refractivity contribution in [3.8, 4) is 0 Å². The number of benzene rings is 1. The molecule has 7 heteroatoms. The molecule has 0 saturated heterocycles. The summed E-state index contributed by atoms with van der Waals surface area (Å²) in [6.07, 6.45) is 1.59. The SMILES string of the molecule is CCc1nc(S(C)(=O)=O)sc1C(=O)Nc1ccccc1. The Balaban J connectivity index is 2.32. The summed E-state index contributed by atoms with van der Waals surface area (Å²) in [4.78, 5) is 16.6. The Hall–Kier alpha value is -1.73. The Morgan fingerprint density at radius 2 is 1.95 bits per heavy atom. The first-order valence-electron chi connectivity index (χ1n) is 5.98. The lowest BCUT2D eigenvalue weighted by atomic mass is 10.2. The van der Waals surface area contributed by atoms with E-state index in [1.165, 1.54) is 0 Å². The average molecular weight is 310 g/mol. The van der Waals surface area contributed by atoms with E-state index in [0.717, 1.165) is 17.6 Å². The molecule has 1 heterocycles. The molecular weight excluding hydrogens is 296 g/mol. The molecular formula is C13H14N2O3S2. The molecule has 20 heavy (non-hydrogen) atoms. The predicted octanol–water partition coefficient (Wildman–Crippen LogP) is 2.36. The van der Waals surface area contributed by atoms with Crippen LogP contribution in [0.5, 0.6) is 0 Å². The van der Waals surface area contributed by atoms with Gasteiger partial charge in [-0.1, -0.05) is 36.5 Å². The van der Waals surface area contributed by atoms with E-state index in [0.29, 0.717) is 22.7 Å². The van der Waals surface area contributed by atoms with Gasteiger partial charge in [0.1, 0.15) is 4.88 Å². The molecule has 0 spiro atoms. The van der Waals surface area contributed by atoms with Gasteiger partial charge in [0.2, 0.25) is 14.2 Å². The van der Waals surface area contributed by atoms with E-state index in [9.17, 15) is 13.2 Å². The fourth-order valence-corrected chi connectivity index (χ4v) is 3.53. The average Bonchev–Trinajstić information content (AvgIpc) is 2.84. The van der Waals surface area contributed by atoms with Crippen molar-refractivity contribution in [1.29, 1.82) is 0 Å². The third-order valence-corrected chi connectivity index (χ3v) is 5.34. The zero-order valence-corrected chi connectivity index (χ0v) is 12.7. The second-order valence-electron chi connectivity index (χ2n) is 4.20. The summed E-state index contributed by atoms with van der Waals surface area (Å²) < 4.78 is 23.0. The van der Waals surface area contributed by atoms with Gasteiger partial charge in [0.25, 0.3) is 5.91 Å². The lowest BCUT2D eigenvalue weighted by molar-refractivity contribution is 0.102. The summed E-state index contributed by atoms with van der Waals surface area (Å²) >= 11 is 0.907. The number of anilines is 1. The van der Waals surface area contributed by atoms with Crippen LogP contribution >= 0.6 is 11.3 Å². The zero-order valence-electron chi connectivity index (χ0n) is 11.1. The molecule has 0 fully saturated rings. The molecule has 1 N–H and O–H groups in total. The van der Waals surface area contributed by atoms with Gasteiger partial charge in [0.15, 0.2) is 0 Å². The first-order valence-corrected chi connectivity index (χ1v) is 8.68. The molecule has 0 aliphatic rings. The minimum Gasteiger partial charge on any atom is -0.321 e. The highest BCUT2D eigenvalue weighted by Gasteiger charge is 2.21. The fourth-order valence-electron chi connectivity index (χ4n) is 1.61. The molecule has 0 aliphatic carbocycles. The normalized spacial score (nSPS) is 11.3. The highest BCUT2D eigenvalue weighted by Crippen LogP contribution is 2.24. The van der Waals surface area contributed by atoms with Crippen molar-refractivity contribution in [1.82, 2.24) is 4.98 Å². The van der Waals surface area contributed by atoms with E-state index in [2.05, 4.69) is 10.3 Å². The second-order valence-corrected chi connectivity index (χ2v) is 7.39. The Morgan fingerprint density at radius 1 is 1.30 bits per heavy atom. The van der Waals surface area contributed by atoms with Crippen LogP contribution < -0.4 is 5.32 Å². The Bertz CT molecular complexity index is 721. The smallest absolute Gasteiger partial charge is 0.267 e. The summed E-state index contributed by atoms with van der Waals surface area (Å²) in [6.45, 7) is 1.83. The summed E-state index contributed by atoms with van der Waals surface area (Å²) in [6, 6.07) is 9.00. The summed E-state index contributed by atoms with van der Waals surface area (Å²) in [7, 11) is -3.39. The topological polar surface area (TPSA) is 76.1 Å². The highest BCUT2D eigenvalue weighted by molar-refractivity contribution is 7.92. The minimum absolute atomic E-state index is 0.0208. The minimum atomic E-state index is -3.39. The van der Waals surface area contributed by atoms with E-state index in [-0.39, 0.29) is 10.2 Å². The number of aryl methyl sites for hydroxylation is 1. The lowest BCUT2D eigenvalue weighted by Gasteiger charge is -2.03. The van der Waals surface area contributed by atoms with Gasteiger partial charge >= 0.3 is 0 Å². The third kappa shape index (κ3) is 3.23. The van der Waals surface area contributed by atoms with Crippen molar-refractivity contribution in [2.24, 2.45) is 0 Å². The number of carbonyl (C=O) groups excluding carboxylic acids is 1. The number of sulfone groups is 1. The molecule has 0 aliphatic heterocycles. The lowest BCUT2D eigenvalue weighted by Crippen LogP contribution is -2.12. The van der Waals surface area contributed by atoms with Crippen molar-refractivity contribution in [3.63, 3.8) is 0 Å². The van der Waals surface area contributed by atoms with E-state index < -0.39 is 9.84 Å². The van der Waals surface area contributed by atoms with Crippen LogP contribution in [-0.2, 0) is 16.3 Å². The van der Waals surface area contributed by atoms with Crippen molar-refractivity contribution < 1.29 is 13.2 Å². The Labute approximate surface area is 121 Å². The van der Waals surface area contributed by atoms with Crippen LogP contribution in [-0.4, -0.2) is 25.6 Å². The van der Waals surface area contributed by atoms with Crippen LogP contribution in [0.15, 0.2) is 34.7 Å². The third-order valence-electron chi connectivity index (χ3n) is 2.57. The molecule has 0 unspecified atom stereocenters. The quantitative estimate of drug-likeness (QED) is 0.940. The van der Waals surface area contributed by atoms with Crippen molar-refractivity contribution in [2.45, 2.75) is 17.7 Å². The van der Waals surface area contributed by atoms with Gasteiger partial charge in [0, 0.05) is 11.9 Å². The number of carbonyl (C=O) groups is 1. The molecule has 106 valence electrons. The maximum absolute atomic E-state index is 12.2. The largest absolute Gasteiger partial charge is 0.321 e. The summed E-state index contributed by atoms with van der Waals surface area (Å²) in [5.41, 5.74) is 1.16. The van der Waals surface area contributed by atoms with Crippen LogP contribution in [0.3, 0.4) is 0 Å². The maximum atomic E-state index is 12.2. The van der Waals surface area contributed by atoms with Gasteiger partial charge in [-0.25, -0.2) is 13.4 Å². The number of thiazole rings is 1. The molecule has 0 radical (unpaired) electrons. The monoisotopic (exact) mass is 310 g/mol. The van der Waals surface area contributed by atoms with Gasteiger partial charge in [-0.3, -0.25) is 4.79 Å². The van der Waals surface area contributed by atoms with E-state index in [1.807, 2.05) is 25.1 Å². The number of rotatable bonds is 4. The van der Waals surface area contributed by atoms with E-state index in [1.54, 1.807) is 12.1 Å². The van der Waals surface area contributed by atoms with E-state index >= 15 is 0 Å². The Kier molecular flexibility index (Phi) is 4.20. The summed E-state index contributed by atoms with van der Waals surface area (Å²) in [5.74, 6) is -0.333. The number of para-hydroxylation sites is 1. The van der Waals surface area contributed by atoms with E-state index in [4.69, 9.17) is 0 Å². The standard InChI is InChI=1S/C13H14N2O3S2/c1-3-10-11(19-13(15-10)20(2,17)18)12(16)14-9-7-5-4-6-8-9/h4-8H,3H2,1-2H3,(H,14,16). The first kappa shape index (κ1) is 14.7. The van der Waals surface area contributed by atoms with Gasteiger partial charge < -0.3 is 5.32 Å².